The molecule has 0 saturated carbocycles. The zero-order valence-corrected chi connectivity index (χ0v) is 86.7. The van der Waals surface area contributed by atoms with E-state index in [9.17, 15) is 65.0 Å². The van der Waals surface area contributed by atoms with Gasteiger partial charge in [0.1, 0.15) is 28.6 Å². The Bertz CT molecular complexity index is 5620. The minimum absolute atomic E-state index is 0. The number of rotatable bonds is 26. The highest BCUT2D eigenvalue weighted by Gasteiger charge is 2.17. The number of nitrogens with zero attached hydrogens (tertiary/aromatic N) is 20. The van der Waals surface area contributed by atoms with Crippen molar-refractivity contribution in [3.63, 3.8) is 0 Å². The molecular weight excluding hydrogens is 2070 g/mol. The van der Waals surface area contributed by atoms with E-state index < -0.39 is 19.7 Å². The molecule has 11 aromatic rings. The number of nitrogens with two attached hydrogens (primary N) is 2. The van der Waals surface area contributed by atoms with Crippen LogP contribution >= 0.6 is 75.3 Å². The number of aliphatic hydroxyl groups is 2. The summed E-state index contributed by atoms with van der Waals surface area (Å²) in [6.07, 6.45) is 19.6. The van der Waals surface area contributed by atoms with Gasteiger partial charge in [-0.25, -0.2) is 19.9 Å². The fourth-order valence-corrected chi connectivity index (χ4v) is 14.2. The van der Waals surface area contributed by atoms with E-state index in [4.69, 9.17) is 48.5 Å². The van der Waals surface area contributed by atoms with E-state index in [1.165, 1.54) is 200 Å². The number of aromatic nitrogens is 11. The van der Waals surface area contributed by atoms with Gasteiger partial charge in [-0.1, -0.05) is 117 Å². The lowest BCUT2D eigenvalue weighted by Gasteiger charge is -2.14. The number of aryl methyl sites for hydroxylation is 9. The van der Waals surface area contributed by atoms with Crippen molar-refractivity contribution in [2.75, 3.05) is 107 Å². The van der Waals surface area contributed by atoms with Gasteiger partial charge in [-0.3, -0.25) is 65.0 Å². The molecule has 10 heterocycles. The standard InChI is InChI=1S/C16H14BrN3.C16H16N4.C12H17N3O3.C12H19N3O.2C8H9BrN2O3.C5H3ClN2O2.C5H11NO2.C4H9N.C3H7BrO.2C2H3N.CH4O.CH4.2H2/c2*1-9-5-4-6-10(2)14(9)12-7-11(3)15-13(8-12)19-20-16(17)18-15;16-12-5-4-11(15(17)18)10-14(12)9-3-8-13-6-1-2-7-13;13-11-4-5-12(16)15(10-11)9-3-8-14-6-1-2-7-14;9-4-1-5-14-8-3-2-7(6-10-8)11(12)13;9-4-1-5-10-6-7(11(13)14)2-3-8(10)12;6-5-2-1-4(3-7-5)8(9)10;1-5(2)3-4-6(7)8;1-2-4-5-3-1;4-2-1-3-5;2*1-2-3;1-2;;;/h4-8H,1-3H3;4-8H,1-3H3,(H2,17,18,20);4-5,10H,1-3,6-9H2;4-5,10H,1-3,6-9,13H2;2*2-3,6H,1,4-5H2;1-3H;5H,3-4H2,1-2H3;5H,1-4H2;5H,1-3H2;2*1H3;2H,1H3;1H4;2*1H/i;;;;;;;;;;;;;;1+1;. The topological polar surface area (TPSA) is 553 Å². The van der Waals surface area contributed by atoms with Gasteiger partial charge in [0.05, 0.1) is 61.9 Å². The molecule has 0 amide bonds. The van der Waals surface area contributed by atoms with E-state index >= 15 is 0 Å². The zero-order chi connectivity index (χ0) is 103. The molecule has 0 aliphatic carbocycles. The average Bonchev–Trinajstić information content (AvgIpc) is 0.943. The molecule has 0 unspecified atom stereocenters. The molecule has 3 aliphatic rings. The van der Waals surface area contributed by atoms with Crippen molar-refractivity contribution >= 4 is 132 Å². The number of nitro groups is 5. The second-order valence-corrected chi connectivity index (χ2v) is 34.3. The monoisotopic (exact) mass is 2200 g/mol. The molecule has 14 rings (SSSR count). The minimum atomic E-state index is -0.524. The lowest BCUT2D eigenvalue weighted by atomic mass is 9.94. The van der Waals surface area contributed by atoms with Crippen molar-refractivity contribution in [3.05, 3.63) is 277 Å². The van der Waals surface area contributed by atoms with Crippen LogP contribution in [0.1, 0.15) is 148 Å². The summed E-state index contributed by atoms with van der Waals surface area (Å²) in [4.78, 5) is 104. The Kier molecular flexibility index (Phi) is 65.0. The predicted molar refractivity (Wildman–Crippen MR) is 566 cm³/mol. The molecule has 4 aromatic carbocycles. The molecule has 758 valence electrons. The summed E-state index contributed by atoms with van der Waals surface area (Å²) < 4.78 is 10.2. The number of hydrogen-bond donors (Lipinski definition) is 5. The number of fused-ring (bicyclic) bond motifs is 2. The second kappa shape index (κ2) is 72.3. The number of nitriles is 2. The summed E-state index contributed by atoms with van der Waals surface area (Å²) in [5.41, 5.74) is 26.7. The van der Waals surface area contributed by atoms with E-state index in [1.54, 1.807) is 29.0 Å². The first-order valence-corrected chi connectivity index (χ1v) is 48.7. The number of halogens is 5. The molecule has 3 fully saturated rings. The maximum atomic E-state index is 11.5. The molecule has 0 radical (unpaired) electrons. The first-order chi connectivity index (χ1) is 66.0. The zero-order valence-electron chi connectivity index (χ0n) is 79.6. The number of nitrogens with one attached hydrogen (secondary N) is 1. The fourth-order valence-electron chi connectivity index (χ4n) is 13.1. The Balaban J connectivity index is 0. The van der Waals surface area contributed by atoms with Crippen molar-refractivity contribution in [2.24, 2.45) is 5.92 Å². The summed E-state index contributed by atoms with van der Waals surface area (Å²) >= 11 is 18.3. The van der Waals surface area contributed by atoms with Crippen molar-refractivity contribution in [1.29, 1.82) is 10.5 Å². The predicted octanol–water partition coefficient (Wildman–Crippen LogP) is 19.3. The highest BCUT2D eigenvalue weighted by Crippen LogP contribution is 2.33. The first kappa shape index (κ1) is 125. The summed E-state index contributed by atoms with van der Waals surface area (Å²) in [5.74, 6) is 1.07. The maximum absolute atomic E-state index is 11.5. The number of pyridine rings is 5. The summed E-state index contributed by atoms with van der Waals surface area (Å²) in [7, 11) is 1.00. The highest BCUT2D eigenvalue weighted by atomic mass is 79.9. The molecule has 39 nitrogen and oxygen atoms in total. The second-order valence-electron chi connectivity index (χ2n) is 30.8. The van der Waals surface area contributed by atoms with Crippen LogP contribution in [0, 0.1) is 121 Å². The molecule has 44 heteroatoms. The molecule has 3 saturated heterocycles. The van der Waals surface area contributed by atoms with Crippen LogP contribution in [0.15, 0.2) is 171 Å². The van der Waals surface area contributed by atoms with Gasteiger partial charge in [-0.2, -0.15) is 10.5 Å². The molecule has 7 N–H and O–H groups in total. The van der Waals surface area contributed by atoms with Gasteiger partial charge in [0.2, 0.25) is 23.1 Å². The van der Waals surface area contributed by atoms with Crippen LogP contribution in [0.3, 0.4) is 0 Å². The minimum Gasteiger partial charge on any atom is -0.478 e. The Morgan fingerprint density at radius 1 is 0.525 bits per heavy atom. The van der Waals surface area contributed by atoms with Gasteiger partial charge in [0.15, 0.2) is 0 Å². The van der Waals surface area contributed by atoms with Crippen molar-refractivity contribution < 1.29 is 42.4 Å². The van der Waals surface area contributed by atoms with Crippen LogP contribution in [0.4, 0.5) is 34.4 Å². The van der Waals surface area contributed by atoms with E-state index in [2.05, 4.69) is 208 Å². The van der Waals surface area contributed by atoms with Gasteiger partial charge in [-0.05, 0) is 278 Å². The Hall–Kier alpha value is -12.0. The van der Waals surface area contributed by atoms with Crippen LogP contribution in [0.5, 0.6) is 5.88 Å². The van der Waals surface area contributed by atoms with Gasteiger partial charge < -0.3 is 55.2 Å². The Morgan fingerprint density at radius 2 is 0.921 bits per heavy atom. The Morgan fingerprint density at radius 3 is 1.28 bits per heavy atom. The third kappa shape index (κ3) is 50.4. The van der Waals surface area contributed by atoms with Crippen LogP contribution in [0.2, 0.25) is 5.15 Å². The summed E-state index contributed by atoms with van der Waals surface area (Å²) in [6.45, 7) is 31.4. The smallest absolute Gasteiger partial charge is 0.287 e. The molecule has 0 spiro atoms. The molecule has 0 bridgehead atoms. The molecular formula is C95H132Br4ClN23O16. The van der Waals surface area contributed by atoms with Gasteiger partial charge >= 0.3 is 0 Å². The SMILES string of the molecule is C.C1CCNC1.CC#N.CC#N.CC(C)CC[N+](=O)[O-].CO.Cc1cccc(C)c1-c1cc(C)c2nc(Br)nnc2c1.Cc1cccc(C)c1-c1cc(C)c2nc(N)nnc2c1.Nc1ccc(=O)n(CCCN2CCCC2)c1.O=[N+]([O-])c1ccc(Cl)nc1.O=[N+]([O-])c1ccc(OCCCBr)nc1.O=c1ccc([N+](=O)[O-])cn1CCCBr.O=c1ccc([N+](=O)[O-])cn1CCCN1CCCC1.OCCCBr.[2HH].[HH]. The number of ether oxygens (including phenoxy) is 1. The number of likely N-dealkylation sites (tertiary alicyclic amines) is 2. The van der Waals surface area contributed by atoms with Gasteiger partial charge in [0.25, 0.3) is 39.4 Å². The van der Waals surface area contributed by atoms with Crippen LogP contribution in [-0.2, 0) is 19.6 Å². The highest BCUT2D eigenvalue weighted by molar-refractivity contribution is 9.10. The van der Waals surface area contributed by atoms with Crippen LogP contribution in [0.25, 0.3) is 44.3 Å². The first-order valence-electron chi connectivity index (χ1n) is 44.1. The third-order valence-electron chi connectivity index (χ3n) is 19.6. The summed E-state index contributed by atoms with van der Waals surface area (Å²) in [6, 6.07) is 38.2. The lowest BCUT2D eigenvalue weighted by Crippen LogP contribution is -2.24. The Labute approximate surface area is 851 Å². The van der Waals surface area contributed by atoms with Crippen LogP contribution < -0.4 is 38.2 Å². The average molecular weight is 2210 g/mol. The maximum Gasteiger partial charge on any atom is 0.287 e. The lowest BCUT2D eigenvalue weighted by molar-refractivity contribution is -0.481. The largest absolute Gasteiger partial charge is 0.478 e. The van der Waals surface area contributed by atoms with E-state index in [0.717, 1.165) is 133 Å². The number of alkyl halides is 3. The number of hydrogen-bond acceptors (Lipinski definition) is 31. The van der Waals surface area contributed by atoms with E-state index in [0.29, 0.717) is 54.9 Å². The van der Waals surface area contributed by atoms with Crippen molar-refractivity contribution in [2.45, 2.75) is 173 Å². The summed E-state index contributed by atoms with van der Waals surface area (Å²) in [5, 5.41) is 103. The third-order valence-corrected chi connectivity index (χ3v) is 21.8. The number of nitrogen functional groups attached to an aromatic ring is 2. The molecule has 3 aliphatic heterocycles. The van der Waals surface area contributed by atoms with Gasteiger partial charge in [-0.15, -0.1) is 20.4 Å². The molecule has 0 atom stereocenters. The fraction of sp³-hybridized carbons (Fsp3) is 0.442. The number of anilines is 2. The van der Waals surface area contributed by atoms with Crippen molar-refractivity contribution in [3.8, 4) is 40.3 Å². The molecule has 139 heavy (non-hydrogen) atoms. The number of aliphatic hydroxyl groups excluding tert-OH is 2. The number of benzene rings is 4. The van der Waals surface area contributed by atoms with Crippen molar-refractivity contribution in [1.82, 2.24) is 69.1 Å². The quantitative estimate of drug-likeness (QED) is 0.0110. The molecule has 7 aromatic heterocycles. The van der Waals surface area contributed by atoms with E-state index in [1.807, 2.05) is 26.8 Å². The van der Waals surface area contributed by atoms with E-state index in [-0.39, 0.29) is 72.3 Å². The van der Waals surface area contributed by atoms with Crippen LogP contribution in [-0.4, -0.2) is 194 Å². The van der Waals surface area contributed by atoms with Gasteiger partial charge in [0, 0.05) is 138 Å². The normalized spacial score (nSPS) is 11.7.